The molecule has 1 aromatic heterocycles. The maximum atomic E-state index is 12.7. The van der Waals surface area contributed by atoms with Crippen LogP contribution in [0.5, 0.6) is 11.5 Å². The van der Waals surface area contributed by atoms with E-state index in [1.54, 1.807) is 31.4 Å². The van der Waals surface area contributed by atoms with Crippen molar-refractivity contribution in [2.45, 2.75) is 5.16 Å². The third-order valence-corrected chi connectivity index (χ3v) is 5.34. The third kappa shape index (κ3) is 4.09. The van der Waals surface area contributed by atoms with E-state index in [1.807, 2.05) is 29.8 Å². The summed E-state index contributed by atoms with van der Waals surface area (Å²) in [4.78, 5) is 12.7. The molecule has 0 radical (unpaired) electrons. The Balaban J connectivity index is 1.78. The Kier molecular flexibility index (Phi) is 6.03. The van der Waals surface area contributed by atoms with Gasteiger partial charge in [-0.3, -0.25) is 4.79 Å². The number of hydrogen-bond donors (Lipinski definition) is 0. The number of ether oxygens (including phenoxy) is 2. The van der Waals surface area contributed by atoms with Crippen LogP contribution in [0.2, 0.25) is 5.02 Å². The Morgan fingerprint density at radius 1 is 1.15 bits per heavy atom. The van der Waals surface area contributed by atoms with Crippen molar-refractivity contribution in [2.75, 3.05) is 20.0 Å². The van der Waals surface area contributed by atoms with Crippen LogP contribution < -0.4 is 9.47 Å². The summed E-state index contributed by atoms with van der Waals surface area (Å²) in [5.74, 6) is 1.87. The first-order chi connectivity index (χ1) is 13.0. The standard InChI is InChI=1S/C19H18ClN3O3S/c1-23-18(13-6-4-5-7-15(13)20)21-22-19(23)27-11-16(24)14-10-12(25-2)8-9-17(14)26-3/h4-10H,11H2,1-3H3. The molecule has 0 aliphatic heterocycles. The van der Waals surface area contributed by atoms with Crippen LogP contribution in [0, 0.1) is 0 Å². The number of Topliss-reactive ketones (excluding diaryl/α,β-unsaturated/α-hetero) is 1. The average molecular weight is 404 g/mol. The van der Waals surface area contributed by atoms with Gasteiger partial charge in [-0.05, 0) is 30.3 Å². The van der Waals surface area contributed by atoms with Gasteiger partial charge in [0.05, 0.1) is 30.6 Å². The van der Waals surface area contributed by atoms with Gasteiger partial charge in [0, 0.05) is 12.6 Å². The van der Waals surface area contributed by atoms with Crippen molar-refractivity contribution in [2.24, 2.45) is 7.05 Å². The van der Waals surface area contributed by atoms with Gasteiger partial charge in [0.2, 0.25) is 0 Å². The SMILES string of the molecule is COc1ccc(OC)c(C(=O)CSc2nnc(-c3ccccc3Cl)n2C)c1. The van der Waals surface area contributed by atoms with Crippen LogP contribution >= 0.6 is 23.4 Å². The second kappa shape index (κ2) is 8.45. The largest absolute Gasteiger partial charge is 0.497 e. The Morgan fingerprint density at radius 2 is 1.93 bits per heavy atom. The summed E-state index contributed by atoms with van der Waals surface area (Å²) < 4.78 is 12.3. The van der Waals surface area contributed by atoms with E-state index in [2.05, 4.69) is 10.2 Å². The van der Waals surface area contributed by atoms with E-state index < -0.39 is 0 Å². The molecule has 0 fully saturated rings. The summed E-state index contributed by atoms with van der Waals surface area (Å²) in [6.07, 6.45) is 0. The molecule has 0 spiro atoms. The summed E-state index contributed by atoms with van der Waals surface area (Å²) >= 11 is 7.55. The van der Waals surface area contributed by atoms with E-state index in [4.69, 9.17) is 21.1 Å². The number of aromatic nitrogens is 3. The fraction of sp³-hybridized carbons (Fsp3) is 0.211. The number of carbonyl (C=O) groups excluding carboxylic acids is 1. The van der Waals surface area contributed by atoms with Crippen molar-refractivity contribution in [3.8, 4) is 22.9 Å². The molecule has 0 bridgehead atoms. The van der Waals surface area contributed by atoms with Gasteiger partial charge in [-0.25, -0.2) is 0 Å². The molecule has 0 N–H and O–H groups in total. The van der Waals surface area contributed by atoms with E-state index in [9.17, 15) is 4.79 Å². The molecule has 1 heterocycles. The van der Waals surface area contributed by atoms with Crippen LogP contribution in [0.1, 0.15) is 10.4 Å². The third-order valence-electron chi connectivity index (χ3n) is 3.99. The lowest BCUT2D eigenvalue weighted by atomic mass is 10.1. The maximum Gasteiger partial charge on any atom is 0.191 e. The zero-order valence-corrected chi connectivity index (χ0v) is 16.7. The van der Waals surface area contributed by atoms with Gasteiger partial charge in [0.25, 0.3) is 0 Å². The fourth-order valence-corrected chi connectivity index (χ4v) is 3.57. The molecule has 3 aromatic rings. The number of benzene rings is 2. The highest BCUT2D eigenvalue weighted by Crippen LogP contribution is 2.30. The lowest BCUT2D eigenvalue weighted by Gasteiger charge is -2.09. The van der Waals surface area contributed by atoms with E-state index in [0.29, 0.717) is 33.1 Å². The van der Waals surface area contributed by atoms with Gasteiger partial charge in [-0.2, -0.15) is 0 Å². The highest BCUT2D eigenvalue weighted by Gasteiger charge is 2.18. The quantitative estimate of drug-likeness (QED) is 0.436. The minimum Gasteiger partial charge on any atom is -0.497 e. The van der Waals surface area contributed by atoms with E-state index in [-0.39, 0.29) is 11.5 Å². The number of methoxy groups -OCH3 is 2. The van der Waals surface area contributed by atoms with Crippen molar-refractivity contribution in [3.63, 3.8) is 0 Å². The number of rotatable bonds is 7. The van der Waals surface area contributed by atoms with E-state index in [0.717, 1.165) is 5.56 Å². The molecule has 140 valence electrons. The van der Waals surface area contributed by atoms with Gasteiger partial charge in [0.1, 0.15) is 11.5 Å². The summed E-state index contributed by atoms with van der Waals surface area (Å²) in [6.45, 7) is 0. The van der Waals surface area contributed by atoms with Crippen molar-refractivity contribution in [3.05, 3.63) is 53.1 Å². The summed E-state index contributed by atoms with van der Waals surface area (Å²) in [5, 5.41) is 9.62. The highest BCUT2D eigenvalue weighted by atomic mass is 35.5. The van der Waals surface area contributed by atoms with E-state index in [1.165, 1.54) is 18.9 Å². The summed E-state index contributed by atoms with van der Waals surface area (Å²) in [6, 6.07) is 12.6. The molecule has 0 aliphatic carbocycles. The second-order valence-corrected chi connectivity index (χ2v) is 6.97. The van der Waals surface area contributed by atoms with Crippen LogP contribution in [0.4, 0.5) is 0 Å². The molecule has 0 saturated heterocycles. The minimum atomic E-state index is -0.0851. The maximum absolute atomic E-state index is 12.7. The van der Waals surface area contributed by atoms with Crippen LogP contribution in [-0.4, -0.2) is 40.5 Å². The summed E-state index contributed by atoms with van der Waals surface area (Å²) in [7, 11) is 4.93. The van der Waals surface area contributed by atoms with Gasteiger partial charge in [-0.15, -0.1) is 10.2 Å². The molecular formula is C19H18ClN3O3S. The predicted molar refractivity (Wildman–Crippen MR) is 106 cm³/mol. The lowest BCUT2D eigenvalue weighted by molar-refractivity contribution is 0.101. The van der Waals surface area contributed by atoms with Crippen LogP contribution in [-0.2, 0) is 7.05 Å². The van der Waals surface area contributed by atoms with E-state index >= 15 is 0 Å². The molecule has 8 heteroatoms. The lowest BCUT2D eigenvalue weighted by Crippen LogP contribution is -2.06. The highest BCUT2D eigenvalue weighted by molar-refractivity contribution is 7.99. The molecule has 0 atom stereocenters. The number of carbonyl (C=O) groups is 1. The van der Waals surface area contributed by atoms with Crippen LogP contribution in [0.15, 0.2) is 47.6 Å². The fourth-order valence-electron chi connectivity index (χ4n) is 2.56. The topological polar surface area (TPSA) is 66.2 Å². The van der Waals surface area contributed by atoms with Crippen LogP contribution in [0.25, 0.3) is 11.4 Å². The minimum absolute atomic E-state index is 0.0851. The second-order valence-electron chi connectivity index (χ2n) is 5.62. The molecule has 2 aromatic carbocycles. The molecular weight excluding hydrogens is 386 g/mol. The average Bonchev–Trinajstić information content (AvgIpc) is 3.06. The zero-order chi connectivity index (χ0) is 19.4. The van der Waals surface area contributed by atoms with Gasteiger partial charge >= 0.3 is 0 Å². The molecule has 0 unspecified atom stereocenters. The van der Waals surface area contributed by atoms with Gasteiger partial charge < -0.3 is 14.0 Å². The summed E-state index contributed by atoms with van der Waals surface area (Å²) in [5.41, 5.74) is 1.26. The monoisotopic (exact) mass is 403 g/mol. The molecule has 0 amide bonds. The number of hydrogen-bond acceptors (Lipinski definition) is 6. The Labute approximate surface area is 166 Å². The predicted octanol–water partition coefficient (Wildman–Crippen LogP) is 4.13. The molecule has 0 aliphatic rings. The smallest absolute Gasteiger partial charge is 0.191 e. The number of nitrogens with zero attached hydrogens (tertiary/aromatic N) is 3. The Hall–Kier alpha value is -2.51. The van der Waals surface area contributed by atoms with Crippen molar-refractivity contribution >= 4 is 29.1 Å². The first kappa shape index (κ1) is 19.3. The molecule has 0 saturated carbocycles. The van der Waals surface area contributed by atoms with Crippen LogP contribution in [0.3, 0.4) is 0 Å². The first-order valence-electron chi connectivity index (χ1n) is 8.07. The Bertz CT molecular complexity index is 975. The molecule has 6 nitrogen and oxygen atoms in total. The van der Waals surface area contributed by atoms with Gasteiger partial charge in [0.15, 0.2) is 16.8 Å². The molecule has 27 heavy (non-hydrogen) atoms. The number of halogens is 1. The number of ketones is 1. The zero-order valence-electron chi connectivity index (χ0n) is 15.1. The van der Waals surface area contributed by atoms with Gasteiger partial charge in [-0.1, -0.05) is 35.5 Å². The van der Waals surface area contributed by atoms with Crippen molar-refractivity contribution in [1.82, 2.24) is 14.8 Å². The Morgan fingerprint density at radius 3 is 2.63 bits per heavy atom. The van der Waals surface area contributed by atoms with Crippen molar-refractivity contribution in [1.29, 1.82) is 0 Å². The number of thioether (sulfide) groups is 1. The normalized spacial score (nSPS) is 10.7. The van der Waals surface area contributed by atoms with Crippen molar-refractivity contribution < 1.29 is 14.3 Å². The molecule has 3 rings (SSSR count). The first-order valence-corrected chi connectivity index (χ1v) is 9.43.